The Bertz CT molecular complexity index is 1790. The Morgan fingerprint density at radius 1 is 1.02 bits per heavy atom. The van der Waals surface area contributed by atoms with Crippen LogP contribution >= 0.6 is 0 Å². The SMILES string of the molecule is Cc1c(-c2nc(C3CC(N4CCN(C(=O)N(C)C)CC4)C3)n3ncnc(N)c23)ccc2[c-]cc(-c3ccccc3)nc12.[Y]. The van der Waals surface area contributed by atoms with Gasteiger partial charge in [-0.15, -0.1) is 23.6 Å². The third-order valence-electron chi connectivity index (χ3n) is 8.80. The Morgan fingerprint density at radius 2 is 1.77 bits per heavy atom. The van der Waals surface area contributed by atoms with Gasteiger partial charge in [0.05, 0.1) is 0 Å². The Labute approximate surface area is 276 Å². The van der Waals surface area contributed by atoms with Crippen LogP contribution < -0.4 is 5.73 Å². The fourth-order valence-corrected chi connectivity index (χ4v) is 6.36. The number of benzene rings is 2. The molecule has 2 N–H and O–H groups in total. The number of carbonyl (C=O) groups excluding carboxylic acids is 1. The smallest absolute Gasteiger partial charge is 0.319 e. The second-order valence-electron chi connectivity index (χ2n) is 11.5. The number of imidazole rings is 1. The van der Waals surface area contributed by atoms with Gasteiger partial charge in [-0.1, -0.05) is 42.0 Å². The minimum atomic E-state index is 0. The molecule has 0 atom stereocenters. The van der Waals surface area contributed by atoms with Gasteiger partial charge in [0, 0.05) is 84.9 Å². The molecule has 217 valence electrons. The van der Waals surface area contributed by atoms with E-state index in [4.69, 9.17) is 15.7 Å². The van der Waals surface area contributed by atoms with Crippen LogP contribution in [0.4, 0.5) is 10.6 Å². The summed E-state index contributed by atoms with van der Waals surface area (Å²) < 4.78 is 1.88. The zero-order valence-electron chi connectivity index (χ0n) is 24.7. The number of fused-ring (bicyclic) bond motifs is 2. The number of anilines is 1. The van der Waals surface area contributed by atoms with Crippen molar-refractivity contribution in [3.63, 3.8) is 0 Å². The molecule has 2 aromatic carbocycles. The molecule has 11 heteroatoms. The zero-order valence-corrected chi connectivity index (χ0v) is 27.6. The minimum Gasteiger partial charge on any atom is -0.382 e. The number of nitrogens with two attached hydrogens (primary N) is 1. The number of hydrogen-bond acceptors (Lipinski definition) is 7. The number of amides is 2. The molecule has 0 unspecified atom stereocenters. The van der Waals surface area contributed by atoms with Gasteiger partial charge in [-0.25, -0.2) is 19.3 Å². The molecule has 4 heterocycles. The number of hydrogen-bond donors (Lipinski definition) is 1. The standard InChI is InChI=1S/C32H34N9O.Y/c1-20-25(11-9-22-10-12-26(36-27(20)22)21-7-5-4-6-8-21)28-29-30(33)34-19-35-41(29)31(37-28)23-17-24(18-23)39-13-15-40(16-14-39)32(42)38(2)3;/h4-9,11-12,19,23-24H,13-18H2,1-3H3,(H2,33,34,35);/q-1;. The van der Waals surface area contributed by atoms with E-state index in [-0.39, 0.29) is 44.7 Å². The average molecular weight is 650 g/mol. The molecule has 2 aliphatic rings. The van der Waals surface area contributed by atoms with Crippen molar-refractivity contribution in [1.29, 1.82) is 0 Å². The van der Waals surface area contributed by atoms with Crippen molar-refractivity contribution < 1.29 is 37.5 Å². The van der Waals surface area contributed by atoms with Crippen LogP contribution in [0.15, 0.2) is 54.9 Å². The fourth-order valence-electron chi connectivity index (χ4n) is 6.36. The molecule has 5 aromatic rings. The first-order valence-corrected chi connectivity index (χ1v) is 14.5. The van der Waals surface area contributed by atoms with Gasteiger partial charge in [0.25, 0.3) is 0 Å². The van der Waals surface area contributed by atoms with E-state index < -0.39 is 0 Å². The number of piperazine rings is 1. The van der Waals surface area contributed by atoms with Gasteiger partial charge in [0.2, 0.25) is 0 Å². The summed E-state index contributed by atoms with van der Waals surface area (Å²) in [6.07, 6.45) is 3.50. The van der Waals surface area contributed by atoms with Gasteiger partial charge in [-0.2, -0.15) is 5.10 Å². The van der Waals surface area contributed by atoms with Crippen molar-refractivity contribution in [2.45, 2.75) is 31.7 Å². The maximum absolute atomic E-state index is 12.3. The van der Waals surface area contributed by atoms with E-state index in [1.165, 1.54) is 6.33 Å². The van der Waals surface area contributed by atoms with Crippen LogP contribution in [0.1, 0.15) is 30.1 Å². The number of pyridine rings is 1. The predicted molar refractivity (Wildman–Crippen MR) is 163 cm³/mol. The van der Waals surface area contributed by atoms with E-state index in [0.717, 1.165) is 89.3 Å². The number of nitrogens with zero attached hydrogens (tertiary/aromatic N) is 8. The summed E-state index contributed by atoms with van der Waals surface area (Å²) >= 11 is 0. The molecule has 3 aromatic heterocycles. The molecule has 1 saturated carbocycles. The van der Waals surface area contributed by atoms with Gasteiger partial charge in [-0.3, -0.25) is 4.90 Å². The maximum Gasteiger partial charge on any atom is 0.319 e. The van der Waals surface area contributed by atoms with Gasteiger partial charge in [0.15, 0.2) is 5.82 Å². The van der Waals surface area contributed by atoms with Crippen LogP contribution in [-0.2, 0) is 32.7 Å². The molecular weight excluding hydrogens is 615 g/mol. The quantitative estimate of drug-likeness (QED) is 0.290. The van der Waals surface area contributed by atoms with E-state index in [1.54, 1.807) is 19.0 Å². The van der Waals surface area contributed by atoms with Crippen molar-refractivity contribution in [2.75, 3.05) is 46.0 Å². The van der Waals surface area contributed by atoms with Gasteiger partial charge in [-0.05, 0) is 42.1 Å². The second kappa shape index (κ2) is 11.9. The van der Waals surface area contributed by atoms with Crippen molar-refractivity contribution in [3.8, 4) is 22.5 Å². The zero-order chi connectivity index (χ0) is 29.0. The molecule has 1 radical (unpaired) electrons. The van der Waals surface area contributed by atoms with Crippen LogP contribution in [0.2, 0.25) is 0 Å². The Kier molecular flexibility index (Phi) is 8.19. The summed E-state index contributed by atoms with van der Waals surface area (Å²) in [7, 11) is 3.61. The Morgan fingerprint density at radius 3 is 2.49 bits per heavy atom. The Balaban J connectivity index is 0.00000329. The molecule has 0 bridgehead atoms. The first-order valence-electron chi connectivity index (χ1n) is 14.5. The maximum atomic E-state index is 12.3. The second-order valence-corrected chi connectivity index (χ2v) is 11.5. The molecule has 0 spiro atoms. The molecular formula is C32H34N9OY-. The number of urea groups is 1. The topological polar surface area (TPSA) is 109 Å². The van der Waals surface area contributed by atoms with Crippen molar-refractivity contribution in [3.05, 3.63) is 72.3 Å². The normalized spacial score (nSPS) is 18.8. The van der Waals surface area contributed by atoms with Crippen LogP contribution in [0.3, 0.4) is 0 Å². The number of aromatic nitrogens is 5. The van der Waals surface area contributed by atoms with Crippen molar-refractivity contribution >= 4 is 28.3 Å². The van der Waals surface area contributed by atoms with E-state index >= 15 is 0 Å². The number of rotatable bonds is 4. The van der Waals surface area contributed by atoms with E-state index in [0.29, 0.717) is 11.9 Å². The van der Waals surface area contributed by atoms with E-state index in [9.17, 15) is 4.79 Å². The van der Waals surface area contributed by atoms with Crippen LogP contribution in [0, 0.1) is 13.0 Å². The summed E-state index contributed by atoms with van der Waals surface area (Å²) in [5.74, 6) is 1.60. The first-order chi connectivity index (χ1) is 20.4. The molecule has 1 saturated heterocycles. The van der Waals surface area contributed by atoms with Gasteiger partial charge >= 0.3 is 6.03 Å². The average Bonchev–Trinajstić information content (AvgIpc) is 3.37. The molecule has 10 nitrogen and oxygen atoms in total. The van der Waals surface area contributed by atoms with Crippen molar-refractivity contribution in [1.82, 2.24) is 39.3 Å². The summed E-state index contributed by atoms with van der Waals surface area (Å²) in [6.45, 7) is 5.39. The first kappa shape index (κ1) is 29.6. The molecule has 1 aliphatic carbocycles. The van der Waals surface area contributed by atoms with Crippen LogP contribution in [0.25, 0.3) is 38.9 Å². The van der Waals surface area contributed by atoms with E-state index in [2.05, 4.69) is 46.2 Å². The molecule has 1 aliphatic heterocycles. The fraction of sp³-hybridized carbons (Fsp3) is 0.344. The van der Waals surface area contributed by atoms with E-state index in [1.807, 2.05) is 39.7 Å². The van der Waals surface area contributed by atoms with Gasteiger partial charge in [0.1, 0.15) is 23.4 Å². The third-order valence-corrected chi connectivity index (χ3v) is 8.80. The number of nitrogen functional groups attached to an aromatic ring is 1. The third kappa shape index (κ3) is 5.30. The summed E-state index contributed by atoms with van der Waals surface area (Å²) in [5, 5.41) is 5.56. The molecule has 7 rings (SSSR count). The number of aryl methyl sites for hydroxylation is 1. The molecule has 2 fully saturated rings. The largest absolute Gasteiger partial charge is 0.382 e. The van der Waals surface area contributed by atoms with Crippen molar-refractivity contribution in [2.24, 2.45) is 0 Å². The van der Waals surface area contributed by atoms with Gasteiger partial charge < -0.3 is 20.5 Å². The summed E-state index contributed by atoms with van der Waals surface area (Å²) in [4.78, 5) is 33.0. The summed E-state index contributed by atoms with van der Waals surface area (Å²) in [6, 6.07) is 20.2. The Hall–Kier alpha value is -3.47. The molecule has 2 amide bonds. The summed E-state index contributed by atoms with van der Waals surface area (Å²) in [5.41, 5.74) is 12.8. The predicted octanol–water partition coefficient (Wildman–Crippen LogP) is 4.24. The minimum absolute atomic E-state index is 0. The number of carbonyl (C=O) groups is 1. The molecule has 43 heavy (non-hydrogen) atoms. The monoisotopic (exact) mass is 649 g/mol. The van der Waals surface area contributed by atoms with Crippen LogP contribution in [0.5, 0.6) is 0 Å². The van der Waals surface area contributed by atoms with Crippen LogP contribution in [-0.4, -0.2) is 91.6 Å².